The minimum Gasteiger partial charge on any atom is -0.326 e. The number of amides is 1. The lowest BCUT2D eigenvalue weighted by Crippen LogP contribution is -2.28. The van der Waals surface area contributed by atoms with Crippen LogP contribution in [0.3, 0.4) is 0 Å². The number of nitrogens with zero attached hydrogens (tertiary/aromatic N) is 2. The van der Waals surface area contributed by atoms with Crippen LogP contribution in [-0.4, -0.2) is 21.3 Å². The van der Waals surface area contributed by atoms with Gasteiger partial charge in [-0.15, -0.1) is 0 Å². The molecular formula is C15H18N4O. The number of aromatic amines is 1. The van der Waals surface area contributed by atoms with E-state index in [9.17, 15) is 4.79 Å². The molecule has 3 rings (SSSR count). The maximum atomic E-state index is 12.4. The number of benzene rings is 1. The number of aromatic nitrogens is 3. The standard InChI is InChI=1S/C15H18N4O/c1-2-10-5-3-4-6-12(10)16-15(20)11-7-8-13-14(9-11)18-19-17-13/h3-6,11H,2,7-9H2,1H3,(H,16,20)(H,17,18,19). The molecule has 1 aromatic heterocycles. The molecule has 1 aromatic carbocycles. The molecule has 1 atom stereocenters. The largest absolute Gasteiger partial charge is 0.326 e. The number of anilines is 1. The van der Waals surface area contributed by atoms with Gasteiger partial charge >= 0.3 is 0 Å². The highest BCUT2D eigenvalue weighted by Gasteiger charge is 2.27. The first-order chi connectivity index (χ1) is 9.78. The fourth-order valence-corrected chi connectivity index (χ4v) is 2.69. The van der Waals surface area contributed by atoms with Crippen LogP contribution >= 0.6 is 0 Å². The average Bonchev–Trinajstić information content (AvgIpc) is 2.95. The maximum absolute atomic E-state index is 12.4. The summed E-state index contributed by atoms with van der Waals surface area (Å²) in [6, 6.07) is 7.95. The number of fused-ring (bicyclic) bond motifs is 1. The highest BCUT2D eigenvalue weighted by atomic mass is 16.1. The summed E-state index contributed by atoms with van der Waals surface area (Å²) in [6.45, 7) is 2.09. The topological polar surface area (TPSA) is 70.7 Å². The van der Waals surface area contributed by atoms with E-state index in [4.69, 9.17) is 0 Å². The van der Waals surface area contributed by atoms with Crippen molar-refractivity contribution in [2.45, 2.75) is 32.6 Å². The Labute approximate surface area is 117 Å². The molecule has 1 aliphatic carbocycles. The van der Waals surface area contributed by atoms with Crippen LogP contribution in [0.5, 0.6) is 0 Å². The highest BCUT2D eigenvalue weighted by Crippen LogP contribution is 2.24. The number of carbonyl (C=O) groups is 1. The van der Waals surface area contributed by atoms with Gasteiger partial charge in [0.1, 0.15) is 0 Å². The molecule has 0 bridgehead atoms. The van der Waals surface area contributed by atoms with Crippen molar-refractivity contribution in [3.05, 3.63) is 41.2 Å². The van der Waals surface area contributed by atoms with E-state index in [1.807, 2.05) is 24.3 Å². The Morgan fingerprint density at radius 3 is 3.00 bits per heavy atom. The Hall–Kier alpha value is -2.17. The van der Waals surface area contributed by atoms with Crippen molar-refractivity contribution in [2.24, 2.45) is 5.92 Å². The third kappa shape index (κ3) is 2.43. The van der Waals surface area contributed by atoms with Gasteiger partial charge in [0.15, 0.2) is 0 Å². The van der Waals surface area contributed by atoms with Gasteiger partial charge in [0, 0.05) is 18.0 Å². The number of rotatable bonds is 3. The zero-order chi connectivity index (χ0) is 13.9. The summed E-state index contributed by atoms with van der Waals surface area (Å²) >= 11 is 0. The first-order valence-electron chi connectivity index (χ1n) is 7.05. The number of para-hydroxylation sites is 1. The number of carbonyl (C=O) groups excluding carboxylic acids is 1. The maximum Gasteiger partial charge on any atom is 0.227 e. The second kappa shape index (κ2) is 5.45. The summed E-state index contributed by atoms with van der Waals surface area (Å²) < 4.78 is 0. The van der Waals surface area contributed by atoms with Crippen molar-refractivity contribution >= 4 is 11.6 Å². The van der Waals surface area contributed by atoms with E-state index >= 15 is 0 Å². The molecule has 0 aliphatic heterocycles. The monoisotopic (exact) mass is 270 g/mol. The van der Waals surface area contributed by atoms with E-state index < -0.39 is 0 Å². The quantitative estimate of drug-likeness (QED) is 0.897. The summed E-state index contributed by atoms with van der Waals surface area (Å²) in [4.78, 5) is 12.4. The van der Waals surface area contributed by atoms with Crippen LogP contribution in [0.15, 0.2) is 24.3 Å². The smallest absolute Gasteiger partial charge is 0.227 e. The van der Waals surface area contributed by atoms with E-state index in [1.54, 1.807) is 0 Å². The summed E-state index contributed by atoms with van der Waals surface area (Å²) in [7, 11) is 0. The van der Waals surface area contributed by atoms with Gasteiger partial charge < -0.3 is 5.32 Å². The number of aryl methyl sites for hydroxylation is 2. The zero-order valence-electron chi connectivity index (χ0n) is 11.5. The van der Waals surface area contributed by atoms with Crippen molar-refractivity contribution in [1.82, 2.24) is 15.4 Å². The highest BCUT2D eigenvalue weighted by molar-refractivity contribution is 5.93. The minimum absolute atomic E-state index is 0.0162. The zero-order valence-corrected chi connectivity index (χ0v) is 11.5. The Balaban J connectivity index is 1.71. The molecule has 0 radical (unpaired) electrons. The Morgan fingerprint density at radius 2 is 2.15 bits per heavy atom. The van der Waals surface area contributed by atoms with Crippen molar-refractivity contribution in [3.63, 3.8) is 0 Å². The van der Waals surface area contributed by atoms with Gasteiger partial charge in [0.25, 0.3) is 0 Å². The van der Waals surface area contributed by atoms with Crippen LogP contribution in [0.25, 0.3) is 0 Å². The van der Waals surface area contributed by atoms with E-state index in [-0.39, 0.29) is 11.8 Å². The molecule has 0 saturated heterocycles. The van der Waals surface area contributed by atoms with Crippen molar-refractivity contribution in [2.75, 3.05) is 5.32 Å². The second-order valence-electron chi connectivity index (χ2n) is 5.16. The van der Waals surface area contributed by atoms with Crippen LogP contribution in [0.1, 0.15) is 30.3 Å². The minimum atomic E-state index is -0.0162. The molecule has 2 N–H and O–H groups in total. The van der Waals surface area contributed by atoms with Gasteiger partial charge in [-0.1, -0.05) is 25.1 Å². The molecule has 1 amide bonds. The molecule has 1 aliphatic rings. The van der Waals surface area contributed by atoms with E-state index in [1.165, 1.54) is 5.56 Å². The van der Waals surface area contributed by atoms with Crippen molar-refractivity contribution in [3.8, 4) is 0 Å². The average molecular weight is 270 g/mol. The number of H-pyrrole nitrogens is 1. The predicted octanol–water partition coefficient (Wildman–Crippen LogP) is 2.11. The number of hydrogen-bond donors (Lipinski definition) is 2. The van der Waals surface area contributed by atoms with Gasteiger partial charge in [0.05, 0.1) is 11.4 Å². The lowest BCUT2D eigenvalue weighted by atomic mass is 9.89. The van der Waals surface area contributed by atoms with Crippen LogP contribution in [-0.2, 0) is 24.1 Å². The molecule has 20 heavy (non-hydrogen) atoms. The van der Waals surface area contributed by atoms with Crippen LogP contribution in [0.2, 0.25) is 0 Å². The van der Waals surface area contributed by atoms with E-state index in [0.717, 1.165) is 36.3 Å². The summed E-state index contributed by atoms with van der Waals surface area (Å²) in [6.07, 6.45) is 3.24. The van der Waals surface area contributed by atoms with Crippen molar-refractivity contribution < 1.29 is 4.79 Å². The molecule has 5 heteroatoms. The van der Waals surface area contributed by atoms with E-state index in [2.05, 4.69) is 27.7 Å². The van der Waals surface area contributed by atoms with Crippen LogP contribution in [0.4, 0.5) is 5.69 Å². The van der Waals surface area contributed by atoms with Crippen molar-refractivity contribution in [1.29, 1.82) is 0 Å². The molecule has 0 saturated carbocycles. The van der Waals surface area contributed by atoms with Crippen LogP contribution in [0, 0.1) is 5.92 Å². The van der Waals surface area contributed by atoms with Gasteiger partial charge in [-0.05, 0) is 30.9 Å². The van der Waals surface area contributed by atoms with Gasteiger partial charge in [-0.3, -0.25) is 4.79 Å². The molecule has 5 nitrogen and oxygen atoms in total. The first kappa shape index (κ1) is 12.8. The molecule has 0 fully saturated rings. The first-order valence-corrected chi connectivity index (χ1v) is 7.05. The lowest BCUT2D eigenvalue weighted by Gasteiger charge is -2.20. The van der Waals surface area contributed by atoms with E-state index in [0.29, 0.717) is 6.42 Å². The SMILES string of the molecule is CCc1ccccc1NC(=O)C1CCc2n[nH]nc2C1. The second-order valence-corrected chi connectivity index (χ2v) is 5.16. The molecule has 2 aromatic rings. The molecule has 104 valence electrons. The number of nitrogens with one attached hydrogen (secondary N) is 2. The fraction of sp³-hybridized carbons (Fsp3) is 0.400. The third-order valence-corrected chi connectivity index (χ3v) is 3.90. The third-order valence-electron chi connectivity index (χ3n) is 3.90. The Kier molecular flexibility index (Phi) is 3.50. The Morgan fingerprint density at radius 1 is 1.35 bits per heavy atom. The summed E-state index contributed by atoms with van der Waals surface area (Å²) in [5.74, 6) is 0.0667. The molecule has 1 unspecified atom stereocenters. The van der Waals surface area contributed by atoms with Gasteiger partial charge in [0.2, 0.25) is 5.91 Å². The summed E-state index contributed by atoms with van der Waals surface area (Å²) in [5.41, 5.74) is 4.02. The predicted molar refractivity (Wildman–Crippen MR) is 76.3 cm³/mol. The lowest BCUT2D eigenvalue weighted by molar-refractivity contribution is -0.120. The van der Waals surface area contributed by atoms with Gasteiger partial charge in [-0.25, -0.2) is 0 Å². The van der Waals surface area contributed by atoms with Crippen LogP contribution < -0.4 is 5.32 Å². The number of hydrogen-bond acceptors (Lipinski definition) is 3. The fourth-order valence-electron chi connectivity index (χ4n) is 2.69. The molecular weight excluding hydrogens is 252 g/mol. The molecule has 1 heterocycles. The normalized spacial score (nSPS) is 17.6. The van der Waals surface area contributed by atoms with Gasteiger partial charge in [-0.2, -0.15) is 15.4 Å². The molecule has 0 spiro atoms. The summed E-state index contributed by atoms with van der Waals surface area (Å²) in [5, 5.41) is 13.9. The Bertz CT molecular complexity index is 620.